The quantitative estimate of drug-likeness (QED) is 0.639. The summed E-state index contributed by atoms with van der Waals surface area (Å²) in [6.45, 7) is 3.03. The number of hydrogen-bond donors (Lipinski definition) is 0. The second-order valence-corrected chi connectivity index (χ2v) is 10.2. The second kappa shape index (κ2) is 6.89. The van der Waals surface area contributed by atoms with E-state index in [1.165, 1.54) is 17.7 Å². The summed E-state index contributed by atoms with van der Waals surface area (Å²) in [6, 6.07) is 14.9. The molecule has 1 aliphatic carbocycles. The average Bonchev–Trinajstić information content (AvgIpc) is 3.14. The van der Waals surface area contributed by atoms with Crippen LogP contribution in [0, 0.1) is 11.2 Å². The highest BCUT2D eigenvalue weighted by atomic mass is 32.2. The number of fused-ring (bicyclic) bond motifs is 2. The summed E-state index contributed by atoms with van der Waals surface area (Å²) in [5, 5.41) is 4.52. The normalized spacial score (nSPS) is 21.6. The van der Waals surface area contributed by atoms with E-state index in [4.69, 9.17) is 0 Å². The van der Waals surface area contributed by atoms with Crippen LogP contribution < -0.4 is 0 Å². The highest BCUT2D eigenvalue weighted by molar-refractivity contribution is 7.89. The van der Waals surface area contributed by atoms with Crippen LogP contribution in [0.2, 0.25) is 0 Å². The number of sulfonamides is 1. The summed E-state index contributed by atoms with van der Waals surface area (Å²) in [4.78, 5) is 0.335. The fourth-order valence-corrected chi connectivity index (χ4v) is 6.12. The maximum atomic E-state index is 13.3. The molecule has 30 heavy (non-hydrogen) atoms. The molecule has 2 aliphatic rings. The average molecular weight is 424 g/mol. The molecule has 5 rings (SSSR count). The number of benzene rings is 2. The molecule has 1 aromatic heterocycles. The smallest absolute Gasteiger partial charge is 0.233 e. The van der Waals surface area contributed by atoms with Crippen molar-refractivity contribution in [2.75, 3.05) is 13.1 Å². The van der Waals surface area contributed by atoms with Crippen LogP contribution in [0.15, 0.2) is 71.3 Å². The van der Waals surface area contributed by atoms with Gasteiger partial charge in [0.2, 0.25) is 10.0 Å². The number of piperidine rings is 1. The Hall–Kier alpha value is -2.77. The van der Waals surface area contributed by atoms with Gasteiger partial charge in [-0.25, -0.2) is 17.5 Å². The van der Waals surface area contributed by atoms with E-state index in [2.05, 4.69) is 18.1 Å². The van der Waals surface area contributed by atoms with Gasteiger partial charge in [0.15, 0.2) is 0 Å². The van der Waals surface area contributed by atoms with Gasteiger partial charge >= 0.3 is 0 Å². The molecule has 7 heteroatoms. The lowest BCUT2D eigenvalue weighted by molar-refractivity contribution is 0.231. The van der Waals surface area contributed by atoms with Crippen molar-refractivity contribution in [3.05, 3.63) is 83.4 Å². The Kier molecular flexibility index (Phi) is 4.41. The van der Waals surface area contributed by atoms with Crippen LogP contribution in [-0.2, 0) is 16.4 Å². The fourth-order valence-electron chi connectivity index (χ4n) is 4.53. The van der Waals surface area contributed by atoms with Crippen LogP contribution in [0.4, 0.5) is 4.39 Å². The summed E-state index contributed by atoms with van der Waals surface area (Å²) in [5.41, 5.74) is 3.84. The van der Waals surface area contributed by atoms with Crippen molar-refractivity contribution >= 4 is 16.1 Å². The number of hydrogen-bond acceptors (Lipinski definition) is 3. The predicted octanol–water partition coefficient (Wildman–Crippen LogP) is 4.05. The summed E-state index contributed by atoms with van der Waals surface area (Å²) in [7, 11) is -3.52. The van der Waals surface area contributed by atoms with Crippen molar-refractivity contribution < 1.29 is 12.8 Å². The molecule has 154 valence electrons. The molecular weight excluding hydrogens is 401 g/mol. The van der Waals surface area contributed by atoms with Gasteiger partial charge in [-0.1, -0.05) is 30.7 Å². The molecule has 0 saturated carbocycles. The molecule has 0 unspecified atom stereocenters. The first kappa shape index (κ1) is 19.2. The SMILES string of the molecule is C[C@]12Cc3cnn(-c4ccc(F)cc4)c3C=C1CCN(S(=O)(=O)c1ccccc1)C2. The van der Waals surface area contributed by atoms with Crippen molar-refractivity contribution in [3.8, 4) is 5.69 Å². The minimum atomic E-state index is -3.52. The zero-order chi connectivity index (χ0) is 20.9. The Morgan fingerprint density at radius 2 is 1.80 bits per heavy atom. The van der Waals surface area contributed by atoms with E-state index in [9.17, 15) is 12.8 Å². The maximum absolute atomic E-state index is 13.3. The lowest BCUT2D eigenvalue weighted by Crippen LogP contribution is -2.47. The van der Waals surface area contributed by atoms with Crippen LogP contribution in [0.1, 0.15) is 24.6 Å². The van der Waals surface area contributed by atoms with Gasteiger partial charge in [0.05, 0.1) is 22.5 Å². The van der Waals surface area contributed by atoms with Crippen molar-refractivity contribution in [2.24, 2.45) is 5.41 Å². The molecule has 0 amide bonds. The van der Waals surface area contributed by atoms with Gasteiger partial charge in [-0.05, 0) is 60.9 Å². The highest BCUT2D eigenvalue weighted by Crippen LogP contribution is 2.44. The molecule has 1 saturated heterocycles. The molecule has 5 nitrogen and oxygen atoms in total. The molecule has 2 aromatic carbocycles. The van der Waals surface area contributed by atoms with Gasteiger partial charge in [-0.15, -0.1) is 0 Å². The molecule has 0 N–H and O–H groups in total. The third-order valence-corrected chi connectivity index (χ3v) is 8.02. The van der Waals surface area contributed by atoms with Crippen molar-refractivity contribution in [2.45, 2.75) is 24.7 Å². The Balaban J connectivity index is 1.47. The molecule has 1 atom stereocenters. The predicted molar refractivity (Wildman–Crippen MR) is 113 cm³/mol. The second-order valence-electron chi connectivity index (χ2n) is 8.25. The van der Waals surface area contributed by atoms with Crippen LogP contribution in [-0.4, -0.2) is 35.6 Å². The third kappa shape index (κ3) is 3.09. The van der Waals surface area contributed by atoms with E-state index in [1.807, 2.05) is 16.9 Å². The first-order valence-corrected chi connectivity index (χ1v) is 11.4. The largest absolute Gasteiger partial charge is 0.243 e. The standard InChI is InChI=1S/C23H22FN3O2S/c1-23-14-17-15-25-27(20-9-7-19(24)8-10-20)22(17)13-18(23)11-12-26(16-23)30(28,29)21-5-3-2-4-6-21/h2-10,13,15H,11-12,14,16H2,1H3/t23-/m1/s1. The van der Waals surface area contributed by atoms with E-state index in [1.54, 1.807) is 40.7 Å². The van der Waals surface area contributed by atoms with Crippen molar-refractivity contribution in [3.63, 3.8) is 0 Å². The minimum Gasteiger partial charge on any atom is -0.233 e. The monoisotopic (exact) mass is 423 g/mol. The summed E-state index contributed by atoms with van der Waals surface area (Å²) in [5.74, 6) is -0.280. The van der Waals surface area contributed by atoms with Gasteiger partial charge in [0.1, 0.15) is 5.82 Å². The molecule has 3 aromatic rings. The Morgan fingerprint density at radius 1 is 1.07 bits per heavy atom. The van der Waals surface area contributed by atoms with E-state index in [0.717, 1.165) is 23.4 Å². The number of aromatic nitrogens is 2. The van der Waals surface area contributed by atoms with Gasteiger partial charge in [0.25, 0.3) is 0 Å². The summed E-state index contributed by atoms with van der Waals surface area (Å²) >= 11 is 0. The molecule has 1 aliphatic heterocycles. The maximum Gasteiger partial charge on any atom is 0.243 e. The van der Waals surface area contributed by atoms with Gasteiger partial charge in [-0.2, -0.15) is 9.40 Å². The van der Waals surface area contributed by atoms with Crippen molar-refractivity contribution in [1.82, 2.24) is 14.1 Å². The zero-order valence-electron chi connectivity index (χ0n) is 16.6. The molecular formula is C23H22FN3O2S. The lowest BCUT2D eigenvalue weighted by Gasteiger charge is -2.43. The molecule has 2 heterocycles. The van der Waals surface area contributed by atoms with E-state index in [-0.39, 0.29) is 11.2 Å². The summed E-state index contributed by atoms with van der Waals surface area (Å²) in [6.07, 6.45) is 5.37. The Labute approximate surface area is 175 Å². The Bertz CT molecular complexity index is 1230. The van der Waals surface area contributed by atoms with Crippen LogP contribution in [0.5, 0.6) is 0 Å². The van der Waals surface area contributed by atoms with Crippen LogP contribution in [0.3, 0.4) is 0 Å². The number of halogens is 1. The van der Waals surface area contributed by atoms with E-state index >= 15 is 0 Å². The lowest BCUT2D eigenvalue weighted by atomic mass is 9.70. The summed E-state index contributed by atoms with van der Waals surface area (Å²) < 4.78 is 43.0. The van der Waals surface area contributed by atoms with Gasteiger partial charge < -0.3 is 0 Å². The fraction of sp³-hybridized carbons (Fsp3) is 0.261. The van der Waals surface area contributed by atoms with Crippen molar-refractivity contribution in [1.29, 1.82) is 0 Å². The number of rotatable bonds is 3. The van der Waals surface area contributed by atoms with Crippen LogP contribution in [0.25, 0.3) is 11.8 Å². The first-order valence-electron chi connectivity index (χ1n) is 9.96. The topological polar surface area (TPSA) is 55.2 Å². The molecule has 1 fully saturated rings. The van der Waals surface area contributed by atoms with Gasteiger partial charge in [-0.3, -0.25) is 0 Å². The first-order chi connectivity index (χ1) is 14.4. The van der Waals surface area contributed by atoms with Crippen LogP contribution >= 0.6 is 0 Å². The zero-order valence-corrected chi connectivity index (χ0v) is 17.4. The van der Waals surface area contributed by atoms with E-state index in [0.29, 0.717) is 24.4 Å². The molecule has 0 radical (unpaired) electrons. The van der Waals surface area contributed by atoms with E-state index < -0.39 is 10.0 Å². The molecule has 0 bridgehead atoms. The Morgan fingerprint density at radius 3 is 2.53 bits per heavy atom. The third-order valence-electron chi connectivity index (χ3n) is 6.16. The number of nitrogens with zero attached hydrogens (tertiary/aromatic N) is 3. The molecule has 0 spiro atoms. The highest BCUT2D eigenvalue weighted by Gasteiger charge is 2.42. The minimum absolute atomic E-state index is 0.274. The van der Waals surface area contributed by atoms with Gasteiger partial charge in [0, 0.05) is 18.5 Å².